The molecule has 0 unspecified atom stereocenters. The van der Waals surface area contributed by atoms with E-state index in [4.69, 9.17) is 4.74 Å². The lowest BCUT2D eigenvalue weighted by Crippen LogP contribution is -2.32. The topological polar surface area (TPSA) is 63.6 Å². The molecule has 0 saturated carbocycles. The Bertz CT molecular complexity index is 846. The molecule has 2 rings (SSSR count). The van der Waals surface area contributed by atoms with E-state index >= 15 is 0 Å². The normalized spacial score (nSPS) is 11.5. The molecule has 1 N–H and O–H groups in total. The number of benzene rings is 1. The van der Waals surface area contributed by atoms with Crippen LogP contribution in [0, 0.1) is 0 Å². The summed E-state index contributed by atoms with van der Waals surface area (Å²) in [6.07, 6.45) is -3.94. The Kier molecular flexibility index (Phi) is 7.22. The van der Waals surface area contributed by atoms with Crippen molar-refractivity contribution in [2.75, 3.05) is 27.2 Å². The van der Waals surface area contributed by atoms with Gasteiger partial charge in [0.25, 0.3) is 5.56 Å². The summed E-state index contributed by atoms with van der Waals surface area (Å²) in [6.45, 7) is 1.03. The number of carbonyl (C=O) groups is 1. The minimum Gasteiger partial charge on any atom is -0.492 e. The van der Waals surface area contributed by atoms with E-state index in [2.05, 4.69) is 5.32 Å². The number of ether oxygens (including phenoxy) is 1. The van der Waals surface area contributed by atoms with E-state index in [-0.39, 0.29) is 6.54 Å². The highest BCUT2D eigenvalue weighted by atomic mass is 19.4. The fourth-order valence-corrected chi connectivity index (χ4v) is 2.28. The summed E-state index contributed by atoms with van der Waals surface area (Å²) in [5, 5.41) is 2.58. The Morgan fingerprint density at radius 2 is 1.82 bits per heavy atom. The van der Waals surface area contributed by atoms with Gasteiger partial charge in [-0.3, -0.25) is 9.59 Å². The number of pyridine rings is 1. The summed E-state index contributed by atoms with van der Waals surface area (Å²) in [4.78, 5) is 25.7. The molecule has 1 aromatic heterocycles. The van der Waals surface area contributed by atoms with Crippen LogP contribution in [0.5, 0.6) is 5.75 Å². The van der Waals surface area contributed by atoms with Crippen LogP contribution in [0.15, 0.2) is 47.4 Å². The number of likely N-dealkylation sites (N-methyl/N-ethyl adjacent to an activating group) is 1. The number of alkyl halides is 3. The summed E-state index contributed by atoms with van der Waals surface area (Å²) < 4.78 is 44.5. The van der Waals surface area contributed by atoms with Gasteiger partial charge in [-0.15, -0.1) is 0 Å². The van der Waals surface area contributed by atoms with Crippen LogP contribution in [-0.4, -0.2) is 42.6 Å². The standard InChI is InChI=1S/C19H22F3N3O3/c1-24(2)9-10-28-16-6-3-14(4-7-16)11-23-17(26)13-25-12-15(19(20,21)22)5-8-18(25)27/h3-8,12H,9-11,13H2,1-2H3,(H,23,26). The van der Waals surface area contributed by atoms with Crippen molar-refractivity contribution < 1.29 is 22.7 Å². The molecule has 0 atom stereocenters. The number of nitrogens with one attached hydrogen (secondary N) is 1. The van der Waals surface area contributed by atoms with Gasteiger partial charge in [-0.2, -0.15) is 13.2 Å². The molecule has 0 saturated heterocycles. The second-order valence-electron chi connectivity index (χ2n) is 6.45. The quantitative estimate of drug-likeness (QED) is 0.741. The van der Waals surface area contributed by atoms with E-state index in [0.717, 1.165) is 22.7 Å². The number of hydrogen-bond acceptors (Lipinski definition) is 4. The van der Waals surface area contributed by atoms with Gasteiger partial charge in [0.15, 0.2) is 0 Å². The molecular weight excluding hydrogens is 375 g/mol. The second-order valence-corrected chi connectivity index (χ2v) is 6.45. The number of halogens is 3. The maximum Gasteiger partial charge on any atom is 0.417 e. The van der Waals surface area contributed by atoms with Gasteiger partial charge in [-0.05, 0) is 37.9 Å². The molecule has 152 valence electrons. The number of carbonyl (C=O) groups excluding carboxylic acids is 1. The third-order valence-electron chi connectivity index (χ3n) is 3.85. The Morgan fingerprint density at radius 1 is 1.14 bits per heavy atom. The fourth-order valence-electron chi connectivity index (χ4n) is 2.28. The summed E-state index contributed by atoms with van der Waals surface area (Å²) in [7, 11) is 3.89. The van der Waals surface area contributed by atoms with Crippen LogP contribution in [0.3, 0.4) is 0 Å². The molecule has 9 heteroatoms. The van der Waals surface area contributed by atoms with Gasteiger partial charge in [0, 0.05) is 25.4 Å². The first-order valence-electron chi connectivity index (χ1n) is 8.56. The van der Waals surface area contributed by atoms with Crippen LogP contribution in [-0.2, 0) is 24.1 Å². The maximum atomic E-state index is 12.7. The number of amides is 1. The van der Waals surface area contributed by atoms with Crippen molar-refractivity contribution in [2.45, 2.75) is 19.3 Å². The van der Waals surface area contributed by atoms with Crippen LogP contribution >= 0.6 is 0 Å². The van der Waals surface area contributed by atoms with Crippen LogP contribution < -0.4 is 15.6 Å². The van der Waals surface area contributed by atoms with Crippen LogP contribution in [0.1, 0.15) is 11.1 Å². The van der Waals surface area contributed by atoms with Gasteiger partial charge in [-0.25, -0.2) is 0 Å². The fraction of sp³-hybridized carbons (Fsp3) is 0.368. The second kappa shape index (κ2) is 9.41. The lowest BCUT2D eigenvalue weighted by molar-refractivity contribution is -0.138. The highest BCUT2D eigenvalue weighted by Gasteiger charge is 2.31. The summed E-state index contributed by atoms with van der Waals surface area (Å²) in [6, 6.07) is 8.59. The lowest BCUT2D eigenvalue weighted by Gasteiger charge is -2.12. The molecule has 0 spiro atoms. The van der Waals surface area contributed by atoms with Gasteiger partial charge in [0.1, 0.15) is 18.9 Å². The molecule has 0 radical (unpaired) electrons. The first kappa shape index (κ1) is 21.5. The maximum absolute atomic E-state index is 12.7. The van der Waals surface area contributed by atoms with Crippen molar-refractivity contribution in [1.82, 2.24) is 14.8 Å². The molecule has 0 aliphatic heterocycles. The number of aromatic nitrogens is 1. The largest absolute Gasteiger partial charge is 0.492 e. The van der Waals surface area contributed by atoms with E-state index in [9.17, 15) is 22.8 Å². The highest BCUT2D eigenvalue weighted by molar-refractivity contribution is 5.75. The Morgan fingerprint density at radius 3 is 2.43 bits per heavy atom. The molecular formula is C19H22F3N3O3. The van der Waals surface area contributed by atoms with Gasteiger partial charge in [0.2, 0.25) is 5.91 Å². The predicted molar refractivity (Wildman–Crippen MR) is 98.0 cm³/mol. The molecule has 0 fully saturated rings. The van der Waals surface area contributed by atoms with E-state index in [1.54, 1.807) is 24.3 Å². The van der Waals surface area contributed by atoms with Gasteiger partial charge in [-0.1, -0.05) is 12.1 Å². The Labute approximate surface area is 160 Å². The molecule has 1 heterocycles. The van der Waals surface area contributed by atoms with Crippen molar-refractivity contribution in [3.8, 4) is 5.75 Å². The van der Waals surface area contributed by atoms with E-state index in [1.165, 1.54) is 0 Å². The Balaban J connectivity index is 1.88. The number of hydrogen-bond donors (Lipinski definition) is 1. The van der Waals surface area contributed by atoms with Crippen molar-refractivity contribution in [1.29, 1.82) is 0 Å². The molecule has 2 aromatic rings. The molecule has 0 aliphatic rings. The summed E-state index contributed by atoms with van der Waals surface area (Å²) >= 11 is 0. The SMILES string of the molecule is CN(C)CCOc1ccc(CNC(=O)Cn2cc(C(F)(F)F)ccc2=O)cc1. The summed E-state index contributed by atoms with van der Waals surface area (Å²) in [5.74, 6) is 0.139. The number of nitrogens with zero attached hydrogens (tertiary/aromatic N) is 2. The van der Waals surface area contributed by atoms with Gasteiger partial charge in [0.05, 0.1) is 5.56 Å². The molecule has 1 aromatic carbocycles. The Hall–Kier alpha value is -2.81. The minimum absolute atomic E-state index is 0.185. The van der Waals surface area contributed by atoms with Crippen molar-refractivity contribution in [3.05, 3.63) is 64.1 Å². The third-order valence-corrected chi connectivity index (χ3v) is 3.85. The zero-order valence-electron chi connectivity index (χ0n) is 15.6. The van der Waals surface area contributed by atoms with Crippen molar-refractivity contribution in [3.63, 3.8) is 0 Å². The first-order chi connectivity index (χ1) is 13.1. The molecule has 28 heavy (non-hydrogen) atoms. The molecule has 0 aliphatic carbocycles. The average Bonchev–Trinajstić information content (AvgIpc) is 2.61. The predicted octanol–water partition coefficient (Wildman–Crippen LogP) is 2.12. The van der Waals surface area contributed by atoms with E-state index in [1.807, 2.05) is 19.0 Å². The third kappa shape index (κ3) is 6.73. The zero-order chi connectivity index (χ0) is 20.7. The molecule has 1 amide bonds. The monoisotopic (exact) mass is 397 g/mol. The van der Waals surface area contributed by atoms with Gasteiger partial charge >= 0.3 is 6.18 Å². The lowest BCUT2D eigenvalue weighted by atomic mass is 10.2. The average molecular weight is 397 g/mol. The first-order valence-corrected chi connectivity index (χ1v) is 8.56. The summed E-state index contributed by atoms with van der Waals surface area (Å²) in [5.41, 5.74) is -0.864. The molecule has 0 bridgehead atoms. The van der Waals surface area contributed by atoms with Crippen LogP contribution in [0.2, 0.25) is 0 Å². The highest BCUT2D eigenvalue weighted by Crippen LogP contribution is 2.27. The van der Waals surface area contributed by atoms with Crippen molar-refractivity contribution >= 4 is 5.91 Å². The van der Waals surface area contributed by atoms with Crippen LogP contribution in [0.25, 0.3) is 0 Å². The minimum atomic E-state index is -4.58. The molecule has 6 nitrogen and oxygen atoms in total. The van der Waals surface area contributed by atoms with Crippen molar-refractivity contribution in [2.24, 2.45) is 0 Å². The number of rotatable bonds is 8. The van der Waals surface area contributed by atoms with E-state index in [0.29, 0.717) is 24.6 Å². The smallest absolute Gasteiger partial charge is 0.417 e. The van der Waals surface area contributed by atoms with E-state index < -0.39 is 29.8 Å². The van der Waals surface area contributed by atoms with Gasteiger partial charge < -0.3 is 19.5 Å². The zero-order valence-corrected chi connectivity index (χ0v) is 15.6. The van der Waals surface area contributed by atoms with Crippen LogP contribution in [0.4, 0.5) is 13.2 Å².